The molecule has 0 bridgehead atoms. The van der Waals surface area contributed by atoms with Gasteiger partial charge in [-0.15, -0.1) is 0 Å². The fraction of sp³-hybridized carbons (Fsp3) is 0.800. The first-order valence-electron chi connectivity index (χ1n) is 5.58. The molecule has 0 aromatic heterocycles. The number of urea groups is 1. The van der Waals surface area contributed by atoms with Gasteiger partial charge in [-0.05, 0) is 0 Å². The van der Waals surface area contributed by atoms with Crippen molar-refractivity contribution in [2.45, 2.75) is 12.1 Å². The molecule has 8 nitrogen and oxygen atoms in total. The number of carboxylic acid groups (broad SMARTS) is 1. The fourth-order valence-corrected chi connectivity index (χ4v) is 1.60. The second-order valence-electron chi connectivity index (χ2n) is 3.92. The third-order valence-electron chi connectivity index (χ3n) is 2.56. The molecule has 0 radical (unpaired) electrons. The molecule has 0 saturated carbocycles. The summed E-state index contributed by atoms with van der Waals surface area (Å²) in [6.07, 6.45) is -0.421. The minimum Gasteiger partial charge on any atom is -0.480 e. The largest absolute Gasteiger partial charge is 0.480 e. The smallest absolute Gasteiger partial charge is 0.328 e. The number of aliphatic hydroxyl groups is 1. The molecule has 2 amide bonds. The number of hydrogen-bond donors (Lipinski definition) is 3. The predicted molar refractivity (Wildman–Crippen MR) is 60.2 cm³/mol. The highest BCUT2D eigenvalue weighted by atomic mass is 16.5. The number of carbonyl (C=O) groups is 2. The summed E-state index contributed by atoms with van der Waals surface area (Å²) in [7, 11) is 1.36. The van der Waals surface area contributed by atoms with Crippen molar-refractivity contribution in [1.29, 1.82) is 0 Å². The minimum atomic E-state index is -1.16. The molecule has 1 fully saturated rings. The number of rotatable bonds is 5. The highest BCUT2D eigenvalue weighted by Crippen LogP contribution is 2.05. The van der Waals surface area contributed by atoms with Crippen LogP contribution in [0, 0.1) is 0 Å². The van der Waals surface area contributed by atoms with Gasteiger partial charge in [-0.25, -0.2) is 9.59 Å². The van der Waals surface area contributed by atoms with Crippen LogP contribution >= 0.6 is 0 Å². The molecule has 1 saturated heterocycles. The van der Waals surface area contributed by atoms with Gasteiger partial charge in [-0.2, -0.15) is 0 Å². The monoisotopic (exact) mass is 262 g/mol. The topological polar surface area (TPSA) is 108 Å². The van der Waals surface area contributed by atoms with Crippen LogP contribution in [0.4, 0.5) is 4.79 Å². The number of hydrogen-bond acceptors (Lipinski definition) is 5. The zero-order valence-electron chi connectivity index (χ0n) is 10.2. The number of carbonyl (C=O) groups excluding carboxylic acids is 1. The molecular formula is C10H18N2O6. The summed E-state index contributed by atoms with van der Waals surface area (Å²) in [6.45, 7) is 0.642. The van der Waals surface area contributed by atoms with Gasteiger partial charge in [0.2, 0.25) is 0 Å². The predicted octanol–water partition coefficient (Wildman–Crippen LogP) is -1.51. The molecule has 104 valence electrons. The Morgan fingerprint density at radius 1 is 1.61 bits per heavy atom. The molecule has 2 atom stereocenters. The average Bonchev–Trinajstić information content (AvgIpc) is 2.38. The van der Waals surface area contributed by atoms with Crippen molar-refractivity contribution in [2.75, 3.05) is 40.0 Å². The van der Waals surface area contributed by atoms with E-state index < -0.39 is 24.1 Å². The average molecular weight is 262 g/mol. The van der Waals surface area contributed by atoms with E-state index in [0.29, 0.717) is 13.2 Å². The lowest BCUT2D eigenvalue weighted by atomic mass is 10.3. The number of ether oxygens (including phenoxy) is 2. The van der Waals surface area contributed by atoms with E-state index in [-0.39, 0.29) is 19.8 Å². The Bertz CT molecular complexity index is 298. The zero-order valence-corrected chi connectivity index (χ0v) is 10.2. The normalized spacial score (nSPS) is 21.4. The summed E-state index contributed by atoms with van der Waals surface area (Å²) in [4.78, 5) is 24.1. The van der Waals surface area contributed by atoms with E-state index in [1.54, 1.807) is 0 Å². The maximum Gasteiger partial charge on any atom is 0.328 e. The van der Waals surface area contributed by atoms with Crippen molar-refractivity contribution in [3.05, 3.63) is 0 Å². The number of aliphatic hydroxyl groups excluding tert-OH is 1. The summed E-state index contributed by atoms with van der Waals surface area (Å²) < 4.78 is 9.91. The number of amides is 2. The van der Waals surface area contributed by atoms with Gasteiger partial charge in [-0.1, -0.05) is 0 Å². The molecule has 0 aromatic rings. The van der Waals surface area contributed by atoms with Gasteiger partial charge >= 0.3 is 12.0 Å². The van der Waals surface area contributed by atoms with E-state index in [9.17, 15) is 9.59 Å². The van der Waals surface area contributed by atoms with Crippen LogP contribution in [0.1, 0.15) is 0 Å². The van der Waals surface area contributed by atoms with Gasteiger partial charge in [-0.3, -0.25) is 0 Å². The third-order valence-corrected chi connectivity index (χ3v) is 2.56. The van der Waals surface area contributed by atoms with E-state index in [0.717, 1.165) is 0 Å². The Balaban J connectivity index is 2.50. The molecule has 3 N–H and O–H groups in total. The molecule has 0 aromatic carbocycles. The van der Waals surface area contributed by atoms with Crippen molar-refractivity contribution in [1.82, 2.24) is 10.2 Å². The van der Waals surface area contributed by atoms with Crippen LogP contribution < -0.4 is 5.32 Å². The Morgan fingerprint density at radius 3 is 2.89 bits per heavy atom. The molecule has 1 aliphatic rings. The molecule has 0 aliphatic carbocycles. The second-order valence-corrected chi connectivity index (χ2v) is 3.92. The van der Waals surface area contributed by atoms with Gasteiger partial charge < -0.3 is 29.9 Å². The van der Waals surface area contributed by atoms with Gasteiger partial charge in [0.1, 0.15) is 0 Å². The van der Waals surface area contributed by atoms with Crippen molar-refractivity contribution in [2.24, 2.45) is 0 Å². The summed E-state index contributed by atoms with van der Waals surface area (Å²) >= 11 is 0. The van der Waals surface area contributed by atoms with Crippen LogP contribution in [0.5, 0.6) is 0 Å². The molecular weight excluding hydrogens is 244 g/mol. The van der Waals surface area contributed by atoms with Crippen molar-refractivity contribution < 1.29 is 29.3 Å². The van der Waals surface area contributed by atoms with Crippen LogP contribution in [0.3, 0.4) is 0 Å². The summed E-state index contributed by atoms with van der Waals surface area (Å²) in [5, 5.41) is 20.2. The lowest BCUT2D eigenvalue weighted by Crippen LogP contribution is -2.54. The highest BCUT2D eigenvalue weighted by molar-refractivity contribution is 5.82. The molecule has 1 aliphatic heterocycles. The van der Waals surface area contributed by atoms with Crippen LogP contribution in [-0.2, 0) is 14.3 Å². The summed E-state index contributed by atoms with van der Waals surface area (Å²) in [5.41, 5.74) is 0. The SMILES string of the molecule is COCC(NC(=O)N1CCOC(CO)C1)C(=O)O. The number of aliphatic carboxylic acids is 1. The van der Waals surface area contributed by atoms with Gasteiger partial charge in [0, 0.05) is 13.7 Å². The maximum absolute atomic E-state index is 11.8. The first-order valence-corrected chi connectivity index (χ1v) is 5.58. The maximum atomic E-state index is 11.8. The van der Waals surface area contributed by atoms with Crippen molar-refractivity contribution in [3.8, 4) is 0 Å². The van der Waals surface area contributed by atoms with Gasteiger partial charge in [0.25, 0.3) is 0 Å². The minimum absolute atomic E-state index is 0.102. The Morgan fingerprint density at radius 2 is 2.33 bits per heavy atom. The van der Waals surface area contributed by atoms with E-state index in [4.69, 9.17) is 19.7 Å². The number of carboxylic acids is 1. The van der Waals surface area contributed by atoms with E-state index in [1.165, 1.54) is 12.0 Å². The Labute approximate surface area is 104 Å². The van der Waals surface area contributed by atoms with Crippen LogP contribution in [0.2, 0.25) is 0 Å². The molecule has 1 rings (SSSR count). The lowest BCUT2D eigenvalue weighted by Gasteiger charge is -2.32. The molecule has 2 unspecified atom stereocenters. The second kappa shape index (κ2) is 7.14. The molecule has 1 heterocycles. The van der Waals surface area contributed by atoms with E-state index in [1.807, 2.05) is 0 Å². The van der Waals surface area contributed by atoms with Crippen LogP contribution in [0.15, 0.2) is 0 Å². The Hall–Kier alpha value is -1.38. The molecule has 18 heavy (non-hydrogen) atoms. The standard InChI is InChI=1S/C10H18N2O6/c1-17-6-8(9(14)15)11-10(16)12-2-3-18-7(4-12)5-13/h7-8,13H,2-6H2,1H3,(H,11,16)(H,14,15). The number of nitrogens with zero attached hydrogens (tertiary/aromatic N) is 1. The fourth-order valence-electron chi connectivity index (χ4n) is 1.60. The lowest BCUT2D eigenvalue weighted by molar-refractivity contribution is -0.140. The van der Waals surface area contributed by atoms with Gasteiger partial charge in [0.05, 0.1) is 32.5 Å². The summed E-state index contributed by atoms with van der Waals surface area (Å²) in [6, 6.07) is -1.58. The van der Waals surface area contributed by atoms with Crippen LogP contribution in [-0.4, -0.2) is 79.3 Å². The number of morpholine rings is 1. The quantitative estimate of drug-likeness (QED) is 0.556. The van der Waals surface area contributed by atoms with E-state index >= 15 is 0 Å². The zero-order chi connectivity index (χ0) is 13.5. The molecule has 8 heteroatoms. The summed E-state index contributed by atoms with van der Waals surface area (Å²) in [5.74, 6) is -1.16. The number of methoxy groups -OCH3 is 1. The first kappa shape index (κ1) is 14.7. The third kappa shape index (κ3) is 4.13. The van der Waals surface area contributed by atoms with Gasteiger partial charge in [0.15, 0.2) is 6.04 Å². The van der Waals surface area contributed by atoms with Crippen molar-refractivity contribution in [3.63, 3.8) is 0 Å². The van der Waals surface area contributed by atoms with Crippen molar-refractivity contribution >= 4 is 12.0 Å². The first-order chi connectivity index (χ1) is 8.58. The van der Waals surface area contributed by atoms with Crippen LogP contribution in [0.25, 0.3) is 0 Å². The number of nitrogens with one attached hydrogen (secondary N) is 1. The molecule has 0 spiro atoms. The van der Waals surface area contributed by atoms with E-state index in [2.05, 4.69) is 5.32 Å². The highest BCUT2D eigenvalue weighted by Gasteiger charge is 2.27. The Kier molecular flexibility index (Phi) is 5.83.